The number of rotatable bonds is 11. The van der Waals surface area contributed by atoms with Crippen LogP contribution in [0.4, 0.5) is 5.69 Å². The molecule has 164 valence electrons. The number of carbonyl (C=O) groups excluding carboxylic acids is 1. The van der Waals surface area contributed by atoms with Gasteiger partial charge >= 0.3 is 0 Å². The number of anilines is 1. The molecule has 0 saturated heterocycles. The van der Waals surface area contributed by atoms with Crippen LogP contribution in [0.1, 0.15) is 25.3 Å². The molecule has 0 radical (unpaired) electrons. The van der Waals surface area contributed by atoms with Gasteiger partial charge in [-0.05, 0) is 61.2 Å². The van der Waals surface area contributed by atoms with E-state index in [1.165, 1.54) is 16.9 Å². The molecule has 1 unspecified atom stereocenters. The molecule has 1 atom stereocenters. The number of benzene rings is 2. The molecule has 1 amide bonds. The molecule has 0 aromatic heterocycles. The van der Waals surface area contributed by atoms with Gasteiger partial charge in [0, 0.05) is 13.6 Å². The van der Waals surface area contributed by atoms with E-state index < -0.39 is 16.1 Å². The summed E-state index contributed by atoms with van der Waals surface area (Å²) in [5.74, 6) is 1.18. The monoisotopic (exact) mass is 434 g/mol. The Hall–Kier alpha value is -2.74. The van der Waals surface area contributed by atoms with Gasteiger partial charge in [0.25, 0.3) is 5.91 Å². The summed E-state index contributed by atoms with van der Waals surface area (Å²) in [6.07, 6.45) is 2.74. The maximum atomic E-state index is 12.4. The Morgan fingerprint density at radius 2 is 1.67 bits per heavy atom. The highest BCUT2D eigenvalue weighted by molar-refractivity contribution is 7.92. The second-order valence-corrected chi connectivity index (χ2v) is 9.00. The van der Waals surface area contributed by atoms with Gasteiger partial charge in [-0.2, -0.15) is 0 Å². The molecular weight excluding hydrogens is 404 g/mol. The highest BCUT2D eigenvalue weighted by Crippen LogP contribution is 2.21. The lowest BCUT2D eigenvalue weighted by Gasteiger charge is -2.19. The van der Waals surface area contributed by atoms with Crippen LogP contribution in [0, 0.1) is 0 Å². The quantitative estimate of drug-likeness (QED) is 0.550. The van der Waals surface area contributed by atoms with Gasteiger partial charge in [-0.15, -0.1) is 0 Å². The van der Waals surface area contributed by atoms with Crippen LogP contribution >= 0.6 is 0 Å². The van der Waals surface area contributed by atoms with E-state index in [0.717, 1.165) is 24.8 Å². The molecule has 0 fully saturated rings. The van der Waals surface area contributed by atoms with Crippen LogP contribution in [-0.2, 0) is 21.2 Å². The summed E-state index contributed by atoms with van der Waals surface area (Å²) in [6, 6.07) is 14.5. The number of nitrogens with zero attached hydrogens (tertiary/aromatic N) is 1. The van der Waals surface area contributed by atoms with Crippen LogP contribution in [0.5, 0.6) is 11.5 Å². The van der Waals surface area contributed by atoms with Crippen molar-refractivity contribution >= 4 is 21.6 Å². The van der Waals surface area contributed by atoms with Crippen LogP contribution in [0.2, 0.25) is 0 Å². The Kier molecular flexibility index (Phi) is 8.53. The van der Waals surface area contributed by atoms with Gasteiger partial charge in [-0.3, -0.25) is 9.10 Å². The molecule has 7 nitrogen and oxygen atoms in total. The number of amides is 1. The minimum Gasteiger partial charge on any atom is -0.497 e. The first kappa shape index (κ1) is 23.5. The lowest BCUT2D eigenvalue weighted by Crippen LogP contribution is -2.38. The molecule has 0 spiro atoms. The van der Waals surface area contributed by atoms with E-state index in [0.29, 0.717) is 24.4 Å². The van der Waals surface area contributed by atoms with Crippen LogP contribution in [0.3, 0.4) is 0 Å². The molecule has 8 heteroatoms. The summed E-state index contributed by atoms with van der Waals surface area (Å²) in [5, 5.41) is 2.92. The summed E-state index contributed by atoms with van der Waals surface area (Å²) in [7, 11) is -0.201. The Balaban J connectivity index is 1.82. The Bertz CT molecular complexity index is 912. The van der Waals surface area contributed by atoms with Gasteiger partial charge in [0.05, 0.1) is 19.1 Å². The van der Waals surface area contributed by atoms with E-state index >= 15 is 0 Å². The fraction of sp³-hybridized carbons (Fsp3) is 0.409. The van der Waals surface area contributed by atoms with Gasteiger partial charge in [0.1, 0.15) is 11.5 Å². The normalized spacial score (nSPS) is 12.1. The molecule has 0 aliphatic carbocycles. The molecule has 0 bridgehead atoms. The molecule has 2 aromatic carbocycles. The molecule has 2 aromatic rings. The zero-order valence-corrected chi connectivity index (χ0v) is 18.7. The van der Waals surface area contributed by atoms with Gasteiger partial charge in [-0.1, -0.05) is 19.1 Å². The predicted octanol–water partition coefficient (Wildman–Crippen LogP) is 3.00. The number of carbonyl (C=O) groups is 1. The van der Waals surface area contributed by atoms with Crippen molar-refractivity contribution in [1.29, 1.82) is 0 Å². The van der Waals surface area contributed by atoms with Crippen molar-refractivity contribution in [3.8, 4) is 11.5 Å². The number of ether oxygens (including phenoxy) is 2. The number of methoxy groups -OCH3 is 1. The third-order valence-electron chi connectivity index (χ3n) is 4.74. The van der Waals surface area contributed by atoms with Crippen LogP contribution in [-0.4, -0.2) is 47.4 Å². The fourth-order valence-corrected chi connectivity index (χ4v) is 3.33. The second kappa shape index (κ2) is 10.9. The average molecular weight is 435 g/mol. The molecule has 0 aliphatic heterocycles. The first-order valence-electron chi connectivity index (χ1n) is 9.86. The maximum absolute atomic E-state index is 12.4. The minimum absolute atomic E-state index is 0.162. The van der Waals surface area contributed by atoms with Crippen molar-refractivity contribution in [1.82, 2.24) is 5.32 Å². The molecule has 2 rings (SSSR count). The van der Waals surface area contributed by atoms with Gasteiger partial charge in [0.2, 0.25) is 10.0 Å². The summed E-state index contributed by atoms with van der Waals surface area (Å²) < 4.78 is 35.3. The lowest BCUT2D eigenvalue weighted by molar-refractivity contribution is -0.128. The van der Waals surface area contributed by atoms with E-state index in [2.05, 4.69) is 5.32 Å². The van der Waals surface area contributed by atoms with Crippen molar-refractivity contribution < 1.29 is 22.7 Å². The highest BCUT2D eigenvalue weighted by atomic mass is 32.2. The zero-order valence-electron chi connectivity index (χ0n) is 17.9. The molecule has 0 heterocycles. The maximum Gasteiger partial charge on any atom is 0.261 e. The Morgan fingerprint density at radius 3 is 2.20 bits per heavy atom. The third-order valence-corrected chi connectivity index (χ3v) is 5.95. The fourth-order valence-electron chi connectivity index (χ4n) is 2.82. The van der Waals surface area contributed by atoms with Crippen molar-refractivity contribution in [2.75, 3.05) is 31.3 Å². The van der Waals surface area contributed by atoms with Crippen molar-refractivity contribution in [2.24, 2.45) is 0 Å². The first-order chi connectivity index (χ1) is 14.2. The summed E-state index contributed by atoms with van der Waals surface area (Å²) >= 11 is 0. The highest BCUT2D eigenvalue weighted by Gasteiger charge is 2.18. The van der Waals surface area contributed by atoms with Crippen LogP contribution in [0.15, 0.2) is 48.5 Å². The summed E-state index contributed by atoms with van der Waals surface area (Å²) in [5.41, 5.74) is 1.72. The first-order valence-corrected chi connectivity index (χ1v) is 11.7. The van der Waals surface area contributed by atoms with Crippen LogP contribution in [0.25, 0.3) is 0 Å². The number of hydrogen-bond acceptors (Lipinski definition) is 5. The van der Waals surface area contributed by atoms with Gasteiger partial charge in [0.15, 0.2) is 6.10 Å². The largest absolute Gasteiger partial charge is 0.497 e. The van der Waals surface area contributed by atoms with Crippen LogP contribution < -0.4 is 19.1 Å². The van der Waals surface area contributed by atoms with E-state index in [4.69, 9.17) is 9.47 Å². The van der Waals surface area contributed by atoms with Crippen molar-refractivity contribution in [2.45, 2.75) is 32.3 Å². The lowest BCUT2D eigenvalue weighted by atomic mass is 10.1. The number of sulfonamides is 1. The molecular formula is C22H30N2O5S. The Labute approximate surface area is 179 Å². The second-order valence-electron chi connectivity index (χ2n) is 6.98. The molecule has 1 N–H and O–H groups in total. The van der Waals surface area contributed by atoms with Crippen molar-refractivity contribution in [3.63, 3.8) is 0 Å². The average Bonchev–Trinajstić information content (AvgIpc) is 2.74. The predicted molar refractivity (Wildman–Crippen MR) is 119 cm³/mol. The molecule has 0 saturated carbocycles. The number of nitrogens with one attached hydrogen (secondary N) is 1. The molecule has 0 aliphatic rings. The minimum atomic E-state index is -3.32. The van der Waals surface area contributed by atoms with Gasteiger partial charge < -0.3 is 14.8 Å². The van der Waals surface area contributed by atoms with E-state index in [-0.39, 0.29) is 5.91 Å². The third kappa shape index (κ3) is 6.95. The zero-order chi connectivity index (χ0) is 22.1. The van der Waals surface area contributed by atoms with Gasteiger partial charge in [-0.25, -0.2) is 8.42 Å². The van der Waals surface area contributed by atoms with E-state index in [9.17, 15) is 13.2 Å². The smallest absolute Gasteiger partial charge is 0.261 e. The topological polar surface area (TPSA) is 84.9 Å². The molecule has 30 heavy (non-hydrogen) atoms. The number of aryl methyl sites for hydroxylation is 1. The summed E-state index contributed by atoms with van der Waals surface area (Å²) in [4.78, 5) is 12.4. The standard InChI is InChI=1S/C22H30N2O5S/c1-5-21(29-20-14-10-18(11-15-20)24(2)30(4,26)27)22(25)23-16-6-7-17-8-12-19(28-3)13-9-17/h8-15,21H,5-7,16H2,1-4H3,(H,23,25). The number of hydrogen-bond donors (Lipinski definition) is 1. The van der Waals surface area contributed by atoms with E-state index in [1.54, 1.807) is 31.4 Å². The SMILES string of the molecule is CCC(Oc1ccc(N(C)S(C)(=O)=O)cc1)C(=O)NCCCc1ccc(OC)cc1. The van der Waals surface area contributed by atoms with E-state index in [1.807, 2.05) is 31.2 Å². The van der Waals surface area contributed by atoms with Crippen molar-refractivity contribution in [3.05, 3.63) is 54.1 Å². The Morgan fingerprint density at radius 1 is 1.07 bits per heavy atom. The summed E-state index contributed by atoms with van der Waals surface area (Å²) in [6.45, 7) is 2.44.